The first kappa shape index (κ1) is 15.5. The molecule has 2 aromatic rings. The molecule has 0 unspecified atom stereocenters. The predicted octanol–water partition coefficient (Wildman–Crippen LogP) is 2.87. The van der Waals surface area contributed by atoms with Crippen molar-refractivity contribution >= 4 is 17.6 Å². The Kier molecular flexibility index (Phi) is 3.60. The van der Waals surface area contributed by atoms with Gasteiger partial charge in [-0.15, -0.1) is 0 Å². The summed E-state index contributed by atoms with van der Waals surface area (Å²) in [6.07, 6.45) is 1.50. The second kappa shape index (κ2) is 5.81. The maximum atomic E-state index is 12.9. The van der Waals surface area contributed by atoms with E-state index in [9.17, 15) is 9.59 Å². The first-order valence-corrected chi connectivity index (χ1v) is 8.03. The van der Waals surface area contributed by atoms with Crippen molar-refractivity contribution < 1.29 is 23.8 Å². The summed E-state index contributed by atoms with van der Waals surface area (Å²) in [6, 6.07) is 12.4. The zero-order valence-electron chi connectivity index (χ0n) is 13.7. The molecule has 1 heterocycles. The molecule has 0 atom stereocenters. The molecule has 2 aliphatic rings. The lowest BCUT2D eigenvalue weighted by Crippen LogP contribution is -2.28. The number of carbonyl (C=O) groups is 2. The highest BCUT2D eigenvalue weighted by molar-refractivity contribution is 6.06. The molecule has 1 saturated carbocycles. The summed E-state index contributed by atoms with van der Waals surface area (Å²) in [4.78, 5) is 24.8. The van der Waals surface area contributed by atoms with Crippen LogP contribution in [0.15, 0.2) is 42.5 Å². The molecule has 4 rings (SSSR count). The molecular weight excluding hydrogens is 322 g/mol. The van der Waals surface area contributed by atoms with Crippen LogP contribution in [0.5, 0.6) is 11.5 Å². The maximum absolute atomic E-state index is 12.9. The number of hydrogen-bond donors (Lipinski definition) is 1. The van der Waals surface area contributed by atoms with Crippen molar-refractivity contribution in [1.82, 2.24) is 0 Å². The number of esters is 1. The summed E-state index contributed by atoms with van der Waals surface area (Å²) < 4.78 is 15.5. The lowest BCUT2D eigenvalue weighted by molar-refractivity contribution is -0.118. The van der Waals surface area contributed by atoms with Crippen molar-refractivity contribution in [2.75, 3.05) is 19.2 Å². The fourth-order valence-electron chi connectivity index (χ4n) is 3.09. The van der Waals surface area contributed by atoms with Gasteiger partial charge in [-0.2, -0.15) is 0 Å². The van der Waals surface area contributed by atoms with Crippen LogP contribution in [0.3, 0.4) is 0 Å². The molecule has 0 radical (unpaired) electrons. The van der Waals surface area contributed by atoms with E-state index >= 15 is 0 Å². The van der Waals surface area contributed by atoms with Crippen molar-refractivity contribution in [2.45, 2.75) is 18.3 Å². The highest BCUT2D eigenvalue weighted by atomic mass is 16.7. The van der Waals surface area contributed by atoms with Gasteiger partial charge in [0.1, 0.15) is 0 Å². The quantitative estimate of drug-likeness (QED) is 0.867. The number of rotatable bonds is 4. The number of hydrogen-bond acceptors (Lipinski definition) is 5. The second-order valence-corrected chi connectivity index (χ2v) is 6.14. The molecule has 1 N–H and O–H groups in total. The van der Waals surface area contributed by atoms with E-state index in [0.29, 0.717) is 22.7 Å². The lowest BCUT2D eigenvalue weighted by atomic mass is 9.94. The maximum Gasteiger partial charge on any atom is 0.339 e. The van der Waals surface area contributed by atoms with Crippen LogP contribution in [0.2, 0.25) is 0 Å². The van der Waals surface area contributed by atoms with Crippen LogP contribution in [0.1, 0.15) is 28.8 Å². The van der Waals surface area contributed by atoms with E-state index in [1.807, 2.05) is 18.2 Å². The molecule has 1 aliphatic heterocycles. The zero-order valence-corrected chi connectivity index (χ0v) is 13.7. The Morgan fingerprint density at radius 1 is 1.08 bits per heavy atom. The normalized spacial score (nSPS) is 16.2. The number of para-hydroxylation sites is 1. The fourth-order valence-corrected chi connectivity index (χ4v) is 3.09. The van der Waals surface area contributed by atoms with Crippen LogP contribution < -0.4 is 14.8 Å². The van der Waals surface area contributed by atoms with Crippen LogP contribution in [0, 0.1) is 0 Å². The van der Waals surface area contributed by atoms with Crippen LogP contribution in [-0.2, 0) is 14.9 Å². The molecule has 0 saturated heterocycles. The van der Waals surface area contributed by atoms with Gasteiger partial charge in [0.15, 0.2) is 11.5 Å². The predicted molar refractivity (Wildman–Crippen MR) is 89.9 cm³/mol. The minimum absolute atomic E-state index is 0.136. The standard InChI is InChI=1S/C19H17NO5/c1-23-17(21)13-4-2-3-5-14(13)20-18(22)19(8-9-19)12-6-7-15-16(10-12)25-11-24-15/h2-7,10H,8-9,11H2,1H3,(H,20,22). The van der Waals surface area contributed by atoms with Crippen molar-refractivity contribution in [3.63, 3.8) is 0 Å². The number of amides is 1. The van der Waals surface area contributed by atoms with Gasteiger partial charge in [0.25, 0.3) is 0 Å². The summed E-state index contributed by atoms with van der Waals surface area (Å²) in [5.41, 5.74) is 1.08. The summed E-state index contributed by atoms with van der Waals surface area (Å²) in [6.45, 7) is 0.199. The Bertz CT molecular complexity index is 857. The van der Waals surface area contributed by atoms with Crippen molar-refractivity contribution in [3.8, 4) is 11.5 Å². The van der Waals surface area contributed by atoms with E-state index in [4.69, 9.17) is 14.2 Å². The third-order valence-corrected chi connectivity index (χ3v) is 4.69. The van der Waals surface area contributed by atoms with E-state index in [2.05, 4.69) is 5.32 Å². The third kappa shape index (κ3) is 2.59. The Morgan fingerprint density at radius 2 is 1.84 bits per heavy atom. The van der Waals surface area contributed by atoms with Gasteiger partial charge in [0.2, 0.25) is 12.7 Å². The highest BCUT2D eigenvalue weighted by Gasteiger charge is 2.51. The molecule has 6 heteroatoms. The average Bonchev–Trinajstić information content (AvgIpc) is 3.32. The molecule has 25 heavy (non-hydrogen) atoms. The number of nitrogens with one attached hydrogen (secondary N) is 1. The molecule has 2 aromatic carbocycles. The number of carbonyl (C=O) groups excluding carboxylic acids is 2. The second-order valence-electron chi connectivity index (χ2n) is 6.14. The van der Waals surface area contributed by atoms with Gasteiger partial charge in [-0.1, -0.05) is 18.2 Å². The Hall–Kier alpha value is -3.02. The summed E-state index contributed by atoms with van der Waals surface area (Å²) in [5, 5.41) is 2.88. The van der Waals surface area contributed by atoms with E-state index in [1.165, 1.54) is 7.11 Å². The monoisotopic (exact) mass is 339 g/mol. The van der Waals surface area contributed by atoms with Crippen LogP contribution in [0.4, 0.5) is 5.69 Å². The van der Waals surface area contributed by atoms with Crippen molar-refractivity contribution in [2.24, 2.45) is 0 Å². The molecule has 0 bridgehead atoms. The molecule has 128 valence electrons. The van der Waals surface area contributed by atoms with E-state index < -0.39 is 11.4 Å². The van der Waals surface area contributed by atoms with Gasteiger partial charge in [-0.3, -0.25) is 4.79 Å². The van der Waals surface area contributed by atoms with Crippen molar-refractivity contribution in [1.29, 1.82) is 0 Å². The third-order valence-electron chi connectivity index (χ3n) is 4.69. The first-order chi connectivity index (χ1) is 12.1. The lowest BCUT2D eigenvalue weighted by Gasteiger charge is -2.17. The molecular formula is C19H17NO5. The zero-order chi connectivity index (χ0) is 17.4. The number of ether oxygens (including phenoxy) is 3. The minimum Gasteiger partial charge on any atom is -0.465 e. The largest absolute Gasteiger partial charge is 0.465 e. The molecule has 1 fully saturated rings. The van der Waals surface area contributed by atoms with Crippen LogP contribution in [-0.4, -0.2) is 25.8 Å². The smallest absolute Gasteiger partial charge is 0.339 e. The summed E-state index contributed by atoms with van der Waals surface area (Å²) in [5.74, 6) is 0.731. The summed E-state index contributed by atoms with van der Waals surface area (Å²) >= 11 is 0. The first-order valence-electron chi connectivity index (χ1n) is 8.03. The topological polar surface area (TPSA) is 73.9 Å². The molecule has 1 amide bonds. The van der Waals surface area contributed by atoms with Crippen molar-refractivity contribution in [3.05, 3.63) is 53.6 Å². The van der Waals surface area contributed by atoms with Gasteiger partial charge in [-0.25, -0.2) is 4.79 Å². The minimum atomic E-state index is -0.593. The number of methoxy groups -OCH3 is 1. The van der Waals surface area contributed by atoms with E-state index in [0.717, 1.165) is 18.4 Å². The molecule has 6 nitrogen and oxygen atoms in total. The van der Waals surface area contributed by atoms with Gasteiger partial charge >= 0.3 is 5.97 Å². The van der Waals surface area contributed by atoms with E-state index in [-0.39, 0.29) is 12.7 Å². The number of anilines is 1. The summed E-state index contributed by atoms with van der Waals surface area (Å²) in [7, 11) is 1.32. The van der Waals surface area contributed by atoms with Gasteiger partial charge < -0.3 is 19.5 Å². The number of fused-ring (bicyclic) bond motifs is 1. The van der Waals surface area contributed by atoms with Gasteiger partial charge in [0, 0.05) is 0 Å². The van der Waals surface area contributed by atoms with Gasteiger partial charge in [0.05, 0.1) is 23.8 Å². The van der Waals surface area contributed by atoms with Crippen LogP contribution >= 0.6 is 0 Å². The molecule has 0 aromatic heterocycles. The molecule has 0 spiro atoms. The molecule has 1 aliphatic carbocycles. The SMILES string of the molecule is COC(=O)c1ccccc1NC(=O)C1(c2ccc3c(c2)OCO3)CC1. The Balaban J connectivity index is 1.61. The average molecular weight is 339 g/mol. The van der Waals surface area contributed by atoms with Gasteiger partial charge in [-0.05, 0) is 42.7 Å². The highest BCUT2D eigenvalue weighted by Crippen LogP contribution is 2.51. The van der Waals surface area contributed by atoms with Crippen LogP contribution in [0.25, 0.3) is 0 Å². The fraction of sp³-hybridized carbons (Fsp3) is 0.263. The Labute approximate surface area is 144 Å². The van der Waals surface area contributed by atoms with E-state index in [1.54, 1.807) is 24.3 Å². The number of benzene rings is 2. The Morgan fingerprint density at radius 3 is 2.60 bits per heavy atom.